The zero-order valence-electron chi connectivity index (χ0n) is 12.2. The van der Waals surface area contributed by atoms with Gasteiger partial charge in [0.15, 0.2) is 11.6 Å². The van der Waals surface area contributed by atoms with Crippen LogP contribution in [0.25, 0.3) is 0 Å². The molecule has 2 nitrogen and oxygen atoms in total. The number of rotatable bonds is 4. The van der Waals surface area contributed by atoms with Crippen LogP contribution >= 0.6 is 0 Å². The average Bonchev–Trinajstić information content (AvgIpc) is 3.33. The molecule has 0 unspecified atom stereocenters. The van der Waals surface area contributed by atoms with Gasteiger partial charge in [0.1, 0.15) is 0 Å². The van der Waals surface area contributed by atoms with E-state index in [1.165, 1.54) is 31.4 Å². The van der Waals surface area contributed by atoms with Crippen LogP contribution in [0, 0.1) is 17.6 Å². The minimum atomic E-state index is -1.02. The summed E-state index contributed by atoms with van der Waals surface area (Å²) in [5, 5.41) is 0. The van der Waals surface area contributed by atoms with E-state index in [1.54, 1.807) is 4.90 Å². The lowest BCUT2D eigenvalue weighted by Gasteiger charge is -2.30. The van der Waals surface area contributed by atoms with Crippen LogP contribution in [-0.2, 0) is 0 Å². The van der Waals surface area contributed by atoms with Crippen molar-refractivity contribution in [2.75, 3.05) is 6.54 Å². The first-order chi connectivity index (χ1) is 10.2. The van der Waals surface area contributed by atoms with Crippen molar-refractivity contribution in [2.45, 2.75) is 51.0 Å². The summed E-state index contributed by atoms with van der Waals surface area (Å²) in [6, 6.07) is 4.06. The SMILES string of the molecule is O=C(c1cccc(F)c1F)N(CC1CCCCC1)C1CC1. The van der Waals surface area contributed by atoms with Crippen molar-refractivity contribution in [1.29, 1.82) is 0 Å². The molecule has 3 rings (SSSR count). The summed E-state index contributed by atoms with van der Waals surface area (Å²) in [7, 11) is 0. The summed E-state index contributed by atoms with van der Waals surface area (Å²) in [5.74, 6) is -1.80. The van der Waals surface area contributed by atoms with Crippen LogP contribution in [-0.4, -0.2) is 23.4 Å². The fraction of sp³-hybridized carbons (Fsp3) is 0.588. The molecular weight excluding hydrogens is 272 g/mol. The van der Waals surface area contributed by atoms with Gasteiger partial charge in [0.05, 0.1) is 5.56 Å². The standard InChI is InChI=1S/C17H21F2NO/c18-15-8-4-7-14(16(15)19)17(21)20(13-9-10-13)11-12-5-2-1-3-6-12/h4,7-8,12-13H,1-3,5-6,9-11H2. The second kappa shape index (κ2) is 6.12. The first kappa shape index (κ1) is 14.5. The molecule has 0 spiro atoms. The molecule has 1 aromatic rings. The number of carbonyl (C=O) groups excluding carboxylic acids is 1. The second-order valence-corrected chi connectivity index (χ2v) is 6.29. The first-order valence-electron chi connectivity index (χ1n) is 7.92. The Hall–Kier alpha value is -1.45. The third kappa shape index (κ3) is 3.25. The lowest BCUT2D eigenvalue weighted by molar-refractivity contribution is 0.0693. The van der Waals surface area contributed by atoms with Gasteiger partial charge in [-0.3, -0.25) is 4.79 Å². The van der Waals surface area contributed by atoms with Crippen LogP contribution in [0.5, 0.6) is 0 Å². The molecule has 0 atom stereocenters. The van der Waals surface area contributed by atoms with Gasteiger partial charge in [-0.25, -0.2) is 8.78 Å². The minimum Gasteiger partial charge on any atom is -0.335 e. The summed E-state index contributed by atoms with van der Waals surface area (Å²) in [6.07, 6.45) is 7.94. The highest BCUT2D eigenvalue weighted by Crippen LogP contribution is 2.32. The van der Waals surface area contributed by atoms with E-state index in [1.807, 2.05) is 0 Å². The summed E-state index contributed by atoms with van der Waals surface area (Å²) in [5.41, 5.74) is -0.127. The molecule has 114 valence electrons. The van der Waals surface area contributed by atoms with E-state index in [-0.39, 0.29) is 17.5 Å². The number of benzene rings is 1. The van der Waals surface area contributed by atoms with E-state index in [0.717, 1.165) is 31.7 Å². The highest BCUT2D eigenvalue weighted by molar-refractivity contribution is 5.95. The molecule has 2 aliphatic carbocycles. The number of amides is 1. The largest absolute Gasteiger partial charge is 0.335 e. The Morgan fingerprint density at radius 3 is 2.48 bits per heavy atom. The molecular formula is C17H21F2NO. The monoisotopic (exact) mass is 293 g/mol. The average molecular weight is 293 g/mol. The van der Waals surface area contributed by atoms with E-state index in [0.29, 0.717) is 12.5 Å². The maximum absolute atomic E-state index is 13.9. The molecule has 2 aliphatic rings. The lowest BCUT2D eigenvalue weighted by atomic mass is 9.88. The van der Waals surface area contributed by atoms with E-state index < -0.39 is 11.6 Å². The topological polar surface area (TPSA) is 20.3 Å². The van der Waals surface area contributed by atoms with E-state index in [9.17, 15) is 13.6 Å². The molecule has 2 saturated carbocycles. The quantitative estimate of drug-likeness (QED) is 0.816. The Bertz CT molecular complexity index is 522. The summed E-state index contributed by atoms with van der Waals surface area (Å²) in [4.78, 5) is 14.4. The van der Waals surface area contributed by atoms with E-state index >= 15 is 0 Å². The molecule has 0 aromatic heterocycles. The van der Waals surface area contributed by atoms with Gasteiger partial charge in [-0.05, 0) is 43.7 Å². The summed E-state index contributed by atoms with van der Waals surface area (Å²) >= 11 is 0. The van der Waals surface area contributed by atoms with Crippen LogP contribution in [0.2, 0.25) is 0 Å². The van der Waals surface area contributed by atoms with Crippen molar-refractivity contribution >= 4 is 5.91 Å². The Kier molecular flexibility index (Phi) is 4.22. The maximum atomic E-state index is 13.9. The van der Waals surface area contributed by atoms with Crippen molar-refractivity contribution in [1.82, 2.24) is 4.90 Å². The molecule has 0 radical (unpaired) electrons. The van der Waals surface area contributed by atoms with Gasteiger partial charge < -0.3 is 4.90 Å². The maximum Gasteiger partial charge on any atom is 0.257 e. The van der Waals surface area contributed by atoms with Crippen LogP contribution in [0.1, 0.15) is 55.3 Å². The smallest absolute Gasteiger partial charge is 0.257 e. The van der Waals surface area contributed by atoms with Gasteiger partial charge in [-0.15, -0.1) is 0 Å². The van der Waals surface area contributed by atoms with Crippen molar-refractivity contribution in [2.24, 2.45) is 5.92 Å². The van der Waals surface area contributed by atoms with Crippen molar-refractivity contribution in [3.8, 4) is 0 Å². The molecule has 0 aliphatic heterocycles. The minimum absolute atomic E-state index is 0.127. The van der Waals surface area contributed by atoms with Crippen LogP contribution in [0.15, 0.2) is 18.2 Å². The van der Waals surface area contributed by atoms with Crippen molar-refractivity contribution in [3.63, 3.8) is 0 Å². The summed E-state index contributed by atoms with van der Waals surface area (Å²) < 4.78 is 27.2. The number of carbonyl (C=O) groups is 1. The molecule has 0 heterocycles. The van der Waals surface area contributed by atoms with Crippen LogP contribution < -0.4 is 0 Å². The Balaban J connectivity index is 1.76. The first-order valence-corrected chi connectivity index (χ1v) is 7.92. The highest BCUT2D eigenvalue weighted by Gasteiger charge is 2.35. The number of halogens is 2. The van der Waals surface area contributed by atoms with Gasteiger partial charge >= 0.3 is 0 Å². The van der Waals surface area contributed by atoms with Gasteiger partial charge in [0, 0.05) is 12.6 Å². The van der Waals surface area contributed by atoms with Crippen molar-refractivity contribution < 1.29 is 13.6 Å². The van der Waals surface area contributed by atoms with E-state index in [4.69, 9.17) is 0 Å². The van der Waals surface area contributed by atoms with E-state index in [2.05, 4.69) is 0 Å². The van der Waals surface area contributed by atoms with Crippen LogP contribution in [0.3, 0.4) is 0 Å². The Labute approximate surface area is 124 Å². The third-order valence-electron chi connectivity index (χ3n) is 4.61. The fourth-order valence-corrected chi connectivity index (χ4v) is 3.26. The molecule has 0 saturated heterocycles. The van der Waals surface area contributed by atoms with Crippen molar-refractivity contribution in [3.05, 3.63) is 35.4 Å². The highest BCUT2D eigenvalue weighted by atomic mass is 19.2. The van der Waals surface area contributed by atoms with Gasteiger partial charge in [-0.1, -0.05) is 25.3 Å². The Morgan fingerprint density at radius 1 is 1.10 bits per heavy atom. The Morgan fingerprint density at radius 2 is 1.81 bits per heavy atom. The number of hydrogen-bond acceptors (Lipinski definition) is 1. The van der Waals surface area contributed by atoms with Gasteiger partial charge in [-0.2, -0.15) is 0 Å². The fourth-order valence-electron chi connectivity index (χ4n) is 3.26. The lowest BCUT2D eigenvalue weighted by Crippen LogP contribution is -2.38. The number of nitrogens with zero attached hydrogens (tertiary/aromatic N) is 1. The van der Waals surface area contributed by atoms with Crippen LogP contribution in [0.4, 0.5) is 8.78 Å². The van der Waals surface area contributed by atoms with Gasteiger partial charge in [0.25, 0.3) is 5.91 Å². The molecule has 0 bridgehead atoms. The predicted octanol–water partition coefficient (Wildman–Crippen LogP) is 4.15. The van der Waals surface area contributed by atoms with Gasteiger partial charge in [0.2, 0.25) is 0 Å². The molecule has 0 N–H and O–H groups in total. The third-order valence-corrected chi connectivity index (χ3v) is 4.61. The molecule has 4 heteroatoms. The second-order valence-electron chi connectivity index (χ2n) is 6.29. The molecule has 1 amide bonds. The molecule has 21 heavy (non-hydrogen) atoms. The predicted molar refractivity (Wildman–Crippen MR) is 77.0 cm³/mol. The normalized spacial score (nSPS) is 19.5. The molecule has 2 fully saturated rings. The zero-order valence-corrected chi connectivity index (χ0v) is 12.2. The number of hydrogen-bond donors (Lipinski definition) is 0. The summed E-state index contributed by atoms with van der Waals surface area (Å²) in [6.45, 7) is 0.694. The molecule has 1 aromatic carbocycles. The zero-order chi connectivity index (χ0) is 14.8.